The predicted octanol–water partition coefficient (Wildman–Crippen LogP) is 3.73. The number of rotatable bonds is 3. The van der Waals surface area contributed by atoms with Crippen molar-refractivity contribution in [2.45, 2.75) is 6.42 Å². The molecule has 2 heterocycles. The van der Waals surface area contributed by atoms with Gasteiger partial charge in [0.25, 0.3) is 0 Å². The van der Waals surface area contributed by atoms with Crippen molar-refractivity contribution < 1.29 is 0 Å². The van der Waals surface area contributed by atoms with E-state index in [1.807, 2.05) is 10.6 Å². The molecule has 0 saturated carbocycles. The predicted molar refractivity (Wildman–Crippen MR) is 83.0 cm³/mol. The van der Waals surface area contributed by atoms with Gasteiger partial charge in [0, 0.05) is 23.5 Å². The van der Waals surface area contributed by atoms with Crippen LogP contribution < -0.4 is 0 Å². The maximum absolute atomic E-state index is 9.34. The number of hydrogen-bond acceptors (Lipinski definition) is 3. The van der Waals surface area contributed by atoms with Crippen LogP contribution in [0, 0.1) is 11.3 Å². The Morgan fingerprint density at radius 3 is 2.90 bits per heavy atom. The van der Waals surface area contributed by atoms with Gasteiger partial charge in [0.1, 0.15) is 17.4 Å². The smallest absolute Gasteiger partial charge is 0.115 e. The highest BCUT2D eigenvalue weighted by atomic mass is 35.5. The Morgan fingerprint density at radius 1 is 1.29 bits per heavy atom. The molecule has 0 N–H and O–H groups in total. The summed E-state index contributed by atoms with van der Waals surface area (Å²) in [4.78, 5) is 8.63. The minimum atomic E-state index is 0.444. The Balaban J connectivity index is 2.36. The molecule has 104 valence electrons. The average molecular weight is 317 g/mol. The molecule has 2 aromatic heterocycles. The SMILES string of the molecule is N#Cc1ccc(Cl)cc1-n1c(CCCl)nc2cnccc21. The van der Waals surface area contributed by atoms with E-state index in [-0.39, 0.29) is 0 Å². The van der Waals surface area contributed by atoms with Crippen LogP contribution in [-0.2, 0) is 6.42 Å². The molecule has 0 fully saturated rings. The van der Waals surface area contributed by atoms with Gasteiger partial charge in [-0.05, 0) is 24.3 Å². The number of alkyl halides is 1. The number of hydrogen-bond donors (Lipinski definition) is 0. The number of imidazole rings is 1. The van der Waals surface area contributed by atoms with Crippen LogP contribution in [0.4, 0.5) is 0 Å². The van der Waals surface area contributed by atoms with Gasteiger partial charge < -0.3 is 0 Å². The van der Waals surface area contributed by atoms with Crippen molar-refractivity contribution in [2.24, 2.45) is 0 Å². The molecule has 0 unspecified atom stereocenters. The molecule has 0 spiro atoms. The lowest BCUT2D eigenvalue weighted by Crippen LogP contribution is -2.04. The lowest BCUT2D eigenvalue weighted by atomic mass is 10.2. The van der Waals surface area contributed by atoms with Crippen molar-refractivity contribution in [3.05, 3.63) is 53.1 Å². The van der Waals surface area contributed by atoms with Gasteiger partial charge >= 0.3 is 0 Å². The molecule has 0 amide bonds. The van der Waals surface area contributed by atoms with Crippen molar-refractivity contribution in [2.75, 3.05) is 5.88 Å². The second-order valence-electron chi connectivity index (χ2n) is 4.44. The van der Waals surface area contributed by atoms with Crippen molar-refractivity contribution in [3.63, 3.8) is 0 Å². The third kappa shape index (κ3) is 2.46. The number of fused-ring (bicyclic) bond motifs is 1. The summed E-state index contributed by atoms with van der Waals surface area (Å²) < 4.78 is 1.92. The molecular weight excluding hydrogens is 307 g/mol. The van der Waals surface area contributed by atoms with Gasteiger partial charge in [-0.25, -0.2) is 4.98 Å². The van der Waals surface area contributed by atoms with Crippen LogP contribution in [0.1, 0.15) is 11.4 Å². The van der Waals surface area contributed by atoms with E-state index in [0.717, 1.165) is 16.9 Å². The van der Waals surface area contributed by atoms with Crippen LogP contribution in [0.3, 0.4) is 0 Å². The largest absolute Gasteiger partial charge is 0.295 e. The zero-order chi connectivity index (χ0) is 14.8. The van der Waals surface area contributed by atoms with Gasteiger partial charge in [-0.15, -0.1) is 11.6 Å². The van der Waals surface area contributed by atoms with Crippen molar-refractivity contribution in [3.8, 4) is 11.8 Å². The van der Waals surface area contributed by atoms with Gasteiger partial charge in [0.05, 0.1) is 23.0 Å². The molecule has 0 aliphatic carbocycles. The Labute approximate surface area is 131 Å². The normalized spacial score (nSPS) is 10.7. The molecule has 6 heteroatoms. The third-order valence-corrected chi connectivity index (χ3v) is 3.59. The highest BCUT2D eigenvalue weighted by Gasteiger charge is 2.15. The number of nitriles is 1. The van der Waals surface area contributed by atoms with Crippen LogP contribution >= 0.6 is 23.2 Å². The summed E-state index contributed by atoms with van der Waals surface area (Å²) in [7, 11) is 0. The Kier molecular flexibility index (Phi) is 3.78. The monoisotopic (exact) mass is 316 g/mol. The standard InChI is InChI=1S/C15H10Cl2N4/c16-5-3-15-20-12-9-19-6-4-13(12)21(15)14-7-11(17)2-1-10(14)8-18/h1-2,4,6-7,9H,3,5H2. The molecule has 1 aromatic carbocycles. The lowest BCUT2D eigenvalue weighted by molar-refractivity contribution is 0.910. The maximum Gasteiger partial charge on any atom is 0.115 e. The van der Waals surface area contributed by atoms with E-state index in [0.29, 0.717) is 28.6 Å². The van der Waals surface area contributed by atoms with Crippen LogP contribution in [0.5, 0.6) is 0 Å². The topological polar surface area (TPSA) is 54.5 Å². The molecule has 4 nitrogen and oxygen atoms in total. The number of pyridine rings is 1. The number of halogens is 2. The molecule has 3 rings (SSSR count). The quantitative estimate of drug-likeness (QED) is 0.692. The number of nitrogens with zero attached hydrogens (tertiary/aromatic N) is 4. The molecule has 0 aliphatic heterocycles. The van der Waals surface area contributed by atoms with Crippen molar-refractivity contribution in [1.82, 2.24) is 14.5 Å². The maximum atomic E-state index is 9.34. The summed E-state index contributed by atoms with van der Waals surface area (Å²) in [5.41, 5.74) is 2.88. The van der Waals surface area contributed by atoms with E-state index < -0.39 is 0 Å². The van der Waals surface area contributed by atoms with Gasteiger partial charge in [0.15, 0.2) is 0 Å². The first-order chi connectivity index (χ1) is 10.2. The summed E-state index contributed by atoms with van der Waals surface area (Å²) in [6, 6.07) is 9.22. The Morgan fingerprint density at radius 2 is 2.14 bits per heavy atom. The van der Waals surface area contributed by atoms with Crippen LogP contribution in [0.25, 0.3) is 16.7 Å². The van der Waals surface area contributed by atoms with E-state index in [1.165, 1.54) is 0 Å². The Bertz CT molecular complexity index is 848. The molecule has 3 aromatic rings. The number of aryl methyl sites for hydroxylation is 1. The molecule has 0 radical (unpaired) electrons. The summed E-state index contributed by atoms with van der Waals surface area (Å²) in [5, 5.41) is 9.90. The zero-order valence-electron chi connectivity index (χ0n) is 10.9. The Hall–Kier alpha value is -2.09. The molecule has 0 bridgehead atoms. The fourth-order valence-corrected chi connectivity index (χ4v) is 2.62. The lowest BCUT2D eigenvalue weighted by Gasteiger charge is -2.10. The van der Waals surface area contributed by atoms with Crippen molar-refractivity contribution >= 4 is 34.2 Å². The highest BCUT2D eigenvalue weighted by Crippen LogP contribution is 2.26. The average Bonchev–Trinajstić information content (AvgIpc) is 2.85. The third-order valence-electron chi connectivity index (χ3n) is 3.17. The summed E-state index contributed by atoms with van der Waals surface area (Å²) >= 11 is 12.0. The van der Waals surface area contributed by atoms with E-state index in [9.17, 15) is 5.26 Å². The fraction of sp³-hybridized carbons (Fsp3) is 0.133. The minimum absolute atomic E-state index is 0.444. The van der Waals surface area contributed by atoms with E-state index in [2.05, 4.69) is 16.0 Å². The minimum Gasteiger partial charge on any atom is -0.295 e. The number of aromatic nitrogens is 3. The molecule has 0 saturated heterocycles. The molecule has 0 aliphatic rings. The van der Waals surface area contributed by atoms with Crippen LogP contribution in [0.15, 0.2) is 36.7 Å². The molecule has 21 heavy (non-hydrogen) atoms. The van der Waals surface area contributed by atoms with E-state index in [1.54, 1.807) is 30.6 Å². The van der Waals surface area contributed by atoms with Crippen LogP contribution in [-0.4, -0.2) is 20.4 Å². The summed E-state index contributed by atoms with van der Waals surface area (Å²) in [6.07, 6.45) is 3.98. The van der Waals surface area contributed by atoms with Crippen LogP contribution in [0.2, 0.25) is 5.02 Å². The van der Waals surface area contributed by atoms with E-state index in [4.69, 9.17) is 23.2 Å². The summed E-state index contributed by atoms with van der Waals surface area (Å²) in [6.45, 7) is 0. The first kappa shape index (κ1) is 13.9. The van der Waals surface area contributed by atoms with Gasteiger partial charge in [0.2, 0.25) is 0 Å². The molecule has 0 atom stereocenters. The fourth-order valence-electron chi connectivity index (χ4n) is 2.29. The summed E-state index contributed by atoms with van der Waals surface area (Å²) in [5.74, 6) is 1.23. The van der Waals surface area contributed by atoms with Gasteiger partial charge in [-0.3, -0.25) is 9.55 Å². The molecular formula is C15H10Cl2N4. The second kappa shape index (κ2) is 5.72. The van der Waals surface area contributed by atoms with Gasteiger partial charge in [-0.2, -0.15) is 5.26 Å². The number of benzene rings is 1. The van der Waals surface area contributed by atoms with Gasteiger partial charge in [-0.1, -0.05) is 11.6 Å². The first-order valence-electron chi connectivity index (χ1n) is 6.32. The first-order valence-corrected chi connectivity index (χ1v) is 7.23. The van der Waals surface area contributed by atoms with E-state index >= 15 is 0 Å². The highest BCUT2D eigenvalue weighted by molar-refractivity contribution is 6.30. The second-order valence-corrected chi connectivity index (χ2v) is 5.25. The van der Waals surface area contributed by atoms with Crippen molar-refractivity contribution in [1.29, 1.82) is 5.26 Å². The zero-order valence-corrected chi connectivity index (χ0v) is 12.4.